The molecule has 0 fully saturated rings. The highest BCUT2D eigenvalue weighted by Gasteiger charge is 2.12. The van der Waals surface area contributed by atoms with Crippen molar-refractivity contribution in [3.05, 3.63) is 35.4 Å². The molecule has 1 aromatic rings. The summed E-state index contributed by atoms with van der Waals surface area (Å²) in [5.74, 6) is -1.64. The van der Waals surface area contributed by atoms with Gasteiger partial charge in [0.1, 0.15) is 0 Å². The lowest BCUT2D eigenvalue weighted by atomic mass is 10.0. The van der Waals surface area contributed by atoms with Gasteiger partial charge in [0.25, 0.3) is 0 Å². The lowest BCUT2D eigenvalue weighted by Gasteiger charge is -2.06. The van der Waals surface area contributed by atoms with E-state index in [0.717, 1.165) is 5.56 Å². The third-order valence-electron chi connectivity index (χ3n) is 2.34. The fourth-order valence-electron chi connectivity index (χ4n) is 1.34. The number of carboxylic acid groups (broad SMARTS) is 1. The first-order valence-corrected chi connectivity index (χ1v) is 4.94. The molecule has 0 saturated carbocycles. The van der Waals surface area contributed by atoms with Gasteiger partial charge in [-0.1, -0.05) is 19.1 Å². The van der Waals surface area contributed by atoms with E-state index in [1.165, 1.54) is 7.11 Å². The van der Waals surface area contributed by atoms with Crippen LogP contribution >= 0.6 is 0 Å². The highest BCUT2D eigenvalue weighted by Crippen LogP contribution is 2.11. The number of carboxylic acids is 1. The molecule has 1 aromatic carbocycles. The zero-order chi connectivity index (χ0) is 12.1. The molecular formula is C12H14O4. The molecule has 0 heterocycles. The number of carbonyl (C=O) groups is 2. The minimum absolute atomic E-state index is 0.391. The quantitative estimate of drug-likeness (QED) is 0.788. The Morgan fingerprint density at radius 3 is 2.31 bits per heavy atom. The Hall–Kier alpha value is -1.84. The Morgan fingerprint density at radius 2 is 1.88 bits per heavy atom. The summed E-state index contributed by atoms with van der Waals surface area (Å²) >= 11 is 0. The molecule has 0 spiro atoms. The summed E-state index contributed by atoms with van der Waals surface area (Å²) in [4.78, 5) is 21.8. The molecule has 0 amide bonds. The first-order valence-electron chi connectivity index (χ1n) is 4.94. The van der Waals surface area contributed by atoms with Gasteiger partial charge in [-0.3, -0.25) is 4.79 Å². The molecule has 0 aromatic heterocycles. The number of hydrogen-bond donors (Lipinski definition) is 1. The van der Waals surface area contributed by atoms with Crippen LogP contribution in [0.25, 0.3) is 0 Å². The molecule has 0 aliphatic carbocycles. The Balaban J connectivity index is 2.72. The van der Waals surface area contributed by atoms with Crippen molar-refractivity contribution < 1.29 is 19.4 Å². The lowest BCUT2D eigenvalue weighted by molar-refractivity contribution is -0.141. The molecular weight excluding hydrogens is 208 g/mol. The number of ether oxygens (including phenoxy) is 1. The minimum Gasteiger partial charge on any atom is -0.481 e. The summed E-state index contributed by atoms with van der Waals surface area (Å²) < 4.78 is 4.56. The van der Waals surface area contributed by atoms with Crippen LogP contribution in [0.4, 0.5) is 0 Å². The second-order valence-electron chi connectivity index (χ2n) is 3.63. The van der Waals surface area contributed by atoms with Crippen LogP contribution in [0.15, 0.2) is 24.3 Å². The van der Waals surface area contributed by atoms with Gasteiger partial charge in [0.15, 0.2) is 0 Å². The van der Waals surface area contributed by atoms with Gasteiger partial charge < -0.3 is 9.84 Å². The summed E-state index contributed by atoms with van der Waals surface area (Å²) in [6.07, 6.45) is 0.455. The number of methoxy groups -OCH3 is 1. The van der Waals surface area contributed by atoms with Gasteiger partial charge in [-0.25, -0.2) is 4.79 Å². The Labute approximate surface area is 93.9 Å². The fraction of sp³-hybridized carbons (Fsp3) is 0.333. The average Bonchev–Trinajstić information content (AvgIpc) is 2.28. The van der Waals surface area contributed by atoms with Gasteiger partial charge in [-0.05, 0) is 24.1 Å². The highest BCUT2D eigenvalue weighted by atomic mass is 16.5. The van der Waals surface area contributed by atoms with Gasteiger partial charge in [0.05, 0.1) is 18.6 Å². The SMILES string of the molecule is COC(=O)c1ccc(C[C@H](C)C(=O)O)cc1. The predicted octanol–water partition coefficient (Wildman–Crippen LogP) is 1.74. The highest BCUT2D eigenvalue weighted by molar-refractivity contribution is 5.89. The minimum atomic E-state index is -0.822. The van der Waals surface area contributed by atoms with Crippen LogP contribution in [0, 0.1) is 5.92 Å². The largest absolute Gasteiger partial charge is 0.481 e. The summed E-state index contributed by atoms with van der Waals surface area (Å²) in [7, 11) is 1.32. The van der Waals surface area contributed by atoms with Crippen molar-refractivity contribution in [1.29, 1.82) is 0 Å². The molecule has 0 bridgehead atoms. The molecule has 0 aliphatic rings. The van der Waals surface area contributed by atoms with Crippen LogP contribution in [-0.2, 0) is 16.0 Å². The van der Waals surface area contributed by atoms with Crippen LogP contribution in [0.2, 0.25) is 0 Å². The number of benzene rings is 1. The molecule has 0 radical (unpaired) electrons. The van der Waals surface area contributed by atoms with Crippen LogP contribution in [0.5, 0.6) is 0 Å². The smallest absolute Gasteiger partial charge is 0.337 e. The van der Waals surface area contributed by atoms with Gasteiger partial charge in [-0.15, -0.1) is 0 Å². The summed E-state index contributed by atoms with van der Waals surface area (Å²) in [6, 6.07) is 6.75. The number of aliphatic carboxylic acids is 1. The summed E-state index contributed by atoms with van der Waals surface area (Å²) in [5.41, 5.74) is 1.36. The Morgan fingerprint density at radius 1 is 1.31 bits per heavy atom. The van der Waals surface area contributed by atoms with Crippen molar-refractivity contribution in [2.75, 3.05) is 7.11 Å². The topological polar surface area (TPSA) is 63.6 Å². The normalized spacial score (nSPS) is 11.9. The third-order valence-corrected chi connectivity index (χ3v) is 2.34. The maximum absolute atomic E-state index is 11.1. The van der Waals surface area contributed by atoms with Gasteiger partial charge in [0, 0.05) is 0 Å². The monoisotopic (exact) mass is 222 g/mol. The molecule has 0 saturated heterocycles. The molecule has 1 atom stereocenters. The van der Waals surface area contributed by atoms with E-state index >= 15 is 0 Å². The van der Waals surface area contributed by atoms with Crippen molar-refractivity contribution in [3.8, 4) is 0 Å². The van der Waals surface area contributed by atoms with E-state index in [-0.39, 0.29) is 0 Å². The second-order valence-corrected chi connectivity index (χ2v) is 3.63. The molecule has 0 unspecified atom stereocenters. The van der Waals surface area contributed by atoms with Crippen LogP contribution < -0.4 is 0 Å². The van der Waals surface area contributed by atoms with Crippen LogP contribution in [0.1, 0.15) is 22.8 Å². The molecule has 86 valence electrons. The fourth-order valence-corrected chi connectivity index (χ4v) is 1.34. The first-order chi connectivity index (χ1) is 7.54. The Kier molecular flexibility index (Phi) is 4.05. The lowest BCUT2D eigenvalue weighted by Crippen LogP contribution is -2.12. The molecule has 16 heavy (non-hydrogen) atoms. The van der Waals surface area contributed by atoms with Crippen molar-refractivity contribution in [2.24, 2.45) is 5.92 Å². The maximum atomic E-state index is 11.1. The molecule has 1 rings (SSSR count). The molecule has 1 N–H and O–H groups in total. The van der Waals surface area contributed by atoms with Crippen molar-refractivity contribution in [1.82, 2.24) is 0 Å². The Bertz CT molecular complexity index is 381. The standard InChI is InChI=1S/C12H14O4/c1-8(11(13)14)7-9-3-5-10(6-4-9)12(15)16-2/h3-6,8H,7H2,1-2H3,(H,13,14)/t8-/m0/s1. The van der Waals surface area contributed by atoms with E-state index in [0.29, 0.717) is 12.0 Å². The van der Waals surface area contributed by atoms with Gasteiger partial charge in [0.2, 0.25) is 0 Å². The van der Waals surface area contributed by atoms with E-state index in [1.807, 2.05) is 0 Å². The van der Waals surface area contributed by atoms with Crippen LogP contribution in [-0.4, -0.2) is 24.2 Å². The van der Waals surface area contributed by atoms with E-state index in [9.17, 15) is 9.59 Å². The number of hydrogen-bond acceptors (Lipinski definition) is 3. The van der Waals surface area contributed by atoms with E-state index in [1.54, 1.807) is 31.2 Å². The van der Waals surface area contributed by atoms with E-state index in [4.69, 9.17) is 5.11 Å². The zero-order valence-corrected chi connectivity index (χ0v) is 9.27. The maximum Gasteiger partial charge on any atom is 0.337 e. The number of carbonyl (C=O) groups excluding carboxylic acids is 1. The zero-order valence-electron chi connectivity index (χ0n) is 9.27. The van der Waals surface area contributed by atoms with E-state index < -0.39 is 17.9 Å². The average molecular weight is 222 g/mol. The first kappa shape index (κ1) is 12.2. The van der Waals surface area contributed by atoms with Crippen molar-refractivity contribution in [2.45, 2.75) is 13.3 Å². The number of esters is 1. The predicted molar refractivity (Wildman–Crippen MR) is 58.3 cm³/mol. The molecule has 4 heteroatoms. The summed E-state index contributed by atoms with van der Waals surface area (Å²) in [6.45, 7) is 1.65. The number of rotatable bonds is 4. The van der Waals surface area contributed by atoms with E-state index in [2.05, 4.69) is 4.74 Å². The van der Waals surface area contributed by atoms with Gasteiger partial charge >= 0.3 is 11.9 Å². The molecule has 0 aliphatic heterocycles. The van der Waals surface area contributed by atoms with Crippen molar-refractivity contribution in [3.63, 3.8) is 0 Å². The molecule has 4 nitrogen and oxygen atoms in total. The summed E-state index contributed by atoms with van der Waals surface area (Å²) in [5, 5.41) is 8.75. The van der Waals surface area contributed by atoms with Gasteiger partial charge in [-0.2, -0.15) is 0 Å². The van der Waals surface area contributed by atoms with Crippen molar-refractivity contribution >= 4 is 11.9 Å². The van der Waals surface area contributed by atoms with Crippen LogP contribution in [0.3, 0.4) is 0 Å². The third kappa shape index (κ3) is 3.08. The second kappa shape index (κ2) is 5.30.